The second-order valence-corrected chi connectivity index (χ2v) is 5.84. The summed E-state index contributed by atoms with van der Waals surface area (Å²) in [5, 5.41) is 0. The number of nitrogens with two attached hydrogens (primary N) is 1. The van der Waals surface area contributed by atoms with Crippen molar-refractivity contribution in [3.63, 3.8) is 0 Å². The van der Waals surface area contributed by atoms with Crippen molar-refractivity contribution in [3.8, 4) is 0 Å². The van der Waals surface area contributed by atoms with E-state index in [1.165, 1.54) is 0 Å². The van der Waals surface area contributed by atoms with E-state index in [1.54, 1.807) is 30.4 Å². The molecule has 0 atom stereocenters. The molecule has 0 saturated heterocycles. The Morgan fingerprint density at radius 2 is 2.18 bits per heavy atom. The fraction of sp³-hybridized carbons (Fsp3) is 0.500. The molecule has 0 radical (unpaired) electrons. The minimum Gasteiger partial charge on any atom is -0.341 e. The van der Waals surface area contributed by atoms with Gasteiger partial charge in [0.1, 0.15) is 0 Å². The molecular formula is C12H18BrN3O. The molecule has 1 aromatic heterocycles. The second-order valence-electron chi connectivity index (χ2n) is 4.92. The molecule has 2 N–H and O–H groups in total. The van der Waals surface area contributed by atoms with Crippen LogP contribution in [-0.4, -0.2) is 35.9 Å². The summed E-state index contributed by atoms with van der Waals surface area (Å²) in [5.74, 6) is -0.0414. The number of hydrogen-bond acceptors (Lipinski definition) is 3. The van der Waals surface area contributed by atoms with Gasteiger partial charge in [-0.2, -0.15) is 0 Å². The van der Waals surface area contributed by atoms with Crippen LogP contribution in [0.2, 0.25) is 0 Å². The van der Waals surface area contributed by atoms with Crippen LogP contribution in [0.4, 0.5) is 0 Å². The minimum atomic E-state index is -0.0795. The fourth-order valence-corrected chi connectivity index (χ4v) is 1.89. The molecule has 94 valence electrons. The monoisotopic (exact) mass is 299 g/mol. The molecule has 1 rings (SSSR count). The van der Waals surface area contributed by atoms with E-state index >= 15 is 0 Å². The molecule has 0 spiro atoms. The van der Waals surface area contributed by atoms with Crippen LogP contribution < -0.4 is 5.73 Å². The van der Waals surface area contributed by atoms with Gasteiger partial charge in [-0.3, -0.25) is 9.78 Å². The summed E-state index contributed by atoms with van der Waals surface area (Å²) in [5.41, 5.74) is 6.16. The van der Waals surface area contributed by atoms with E-state index in [0.717, 1.165) is 4.47 Å². The third-order valence-corrected chi connectivity index (χ3v) is 2.95. The molecule has 0 aliphatic carbocycles. The normalized spacial score (nSPS) is 11.4. The van der Waals surface area contributed by atoms with Gasteiger partial charge in [0.2, 0.25) is 0 Å². The molecule has 1 heterocycles. The van der Waals surface area contributed by atoms with Crippen molar-refractivity contribution in [1.29, 1.82) is 0 Å². The first-order valence-electron chi connectivity index (χ1n) is 5.42. The van der Waals surface area contributed by atoms with Crippen LogP contribution in [0.25, 0.3) is 0 Å². The molecule has 0 fully saturated rings. The van der Waals surface area contributed by atoms with E-state index in [9.17, 15) is 4.79 Å². The predicted molar refractivity (Wildman–Crippen MR) is 71.7 cm³/mol. The number of carbonyl (C=O) groups is 1. The second kappa shape index (κ2) is 5.60. The topological polar surface area (TPSA) is 59.2 Å². The Labute approximate surface area is 110 Å². The van der Waals surface area contributed by atoms with Crippen molar-refractivity contribution in [2.24, 2.45) is 11.1 Å². The third kappa shape index (κ3) is 4.09. The summed E-state index contributed by atoms with van der Waals surface area (Å²) in [7, 11) is 1.78. The summed E-state index contributed by atoms with van der Waals surface area (Å²) in [6.45, 7) is 5.24. The van der Waals surface area contributed by atoms with Crippen LogP contribution in [0.5, 0.6) is 0 Å². The maximum absolute atomic E-state index is 12.1. The Balaban J connectivity index is 2.77. The average Bonchev–Trinajstić information content (AvgIpc) is 2.27. The number of hydrogen-bond donors (Lipinski definition) is 1. The molecule has 1 amide bonds. The predicted octanol–water partition coefficient (Wildman–Crippen LogP) is 1.90. The Morgan fingerprint density at radius 1 is 1.53 bits per heavy atom. The number of carbonyl (C=O) groups excluding carboxylic acids is 1. The Hall–Kier alpha value is -0.940. The maximum Gasteiger partial charge on any atom is 0.255 e. The molecule has 0 aromatic carbocycles. The van der Waals surface area contributed by atoms with Gasteiger partial charge in [0.15, 0.2) is 0 Å². The van der Waals surface area contributed by atoms with Crippen LogP contribution in [0.15, 0.2) is 22.9 Å². The van der Waals surface area contributed by atoms with Gasteiger partial charge >= 0.3 is 0 Å². The van der Waals surface area contributed by atoms with E-state index < -0.39 is 0 Å². The summed E-state index contributed by atoms with van der Waals surface area (Å²) < 4.78 is 0.801. The first-order chi connectivity index (χ1) is 7.85. The first-order valence-corrected chi connectivity index (χ1v) is 6.21. The molecule has 5 heteroatoms. The number of pyridine rings is 1. The van der Waals surface area contributed by atoms with Crippen molar-refractivity contribution in [2.75, 3.05) is 20.1 Å². The lowest BCUT2D eigenvalue weighted by Crippen LogP contribution is -2.39. The molecule has 1 aromatic rings. The van der Waals surface area contributed by atoms with Gasteiger partial charge < -0.3 is 10.6 Å². The summed E-state index contributed by atoms with van der Waals surface area (Å²) in [6.07, 6.45) is 3.22. The van der Waals surface area contributed by atoms with Crippen molar-refractivity contribution in [1.82, 2.24) is 9.88 Å². The quantitative estimate of drug-likeness (QED) is 0.924. The van der Waals surface area contributed by atoms with Crippen LogP contribution in [0.1, 0.15) is 24.2 Å². The first kappa shape index (κ1) is 14.1. The molecule has 4 nitrogen and oxygen atoms in total. The van der Waals surface area contributed by atoms with Crippen LogP contribution in [0, 0.1) is 5.41 Å². The van der Waals surface area contributed by atoms with Crippen LogP contribution in [-0.2, 0) is 0 Å². The molecular weight excluding hydrogens is 282 g/mol. The van der Waals surface area contributed by atoms with Crippen LogP contribution >= 0.6 is 15.9 Å². The SMILES string of the molecule is CN(CC(C)(C)CN)C(=O)c1cncc(Br)c1. The highest BCUT2D eigenvalue weighted by molar-refractivity contribution is 9.10. The van der Waals surface area contributed by atoms with Gasteiger partial charge in [-0.25, -0.2) is 0 Å². The zero-order chi connectivity index (χ0) is 13.1. The van der Waals surface area contributed by atoms with E-state index in [-0.39, 0.29) is 11.3 Å². The van der Waals surface area contributed by atoms with Crippen molar-refractivity contribution in [3.05, 3.63) is 28.5 Å². The fourth-order valence-electron chi connectivity index (χ4n) is 1.53. The Morgan fingerprint density at radius 3 is 2.71 bits per heavy atom. The number of rotatable bonds is 4. The average molecular weight is 300 g/mol. The van der Waals surface area contributed by atoms with Crippen LogP contribution in [0.3, 0.4) is 0 Å². The summed E-state index contributed by atoms with van der Waals surface area (Å²) in [6, 6.07) is 1.77. The summed E-state index contributed by atoms with van der Waals surface area (Å²) in [4.78, 5) is 17.8. The maximum atomic E-state index is 12.1. The highest BCUT2D eigenvalue weighted by Gasteiger charge is 2.22. The molecule has 0 bridgehead atoms. The van der Waals surface area contributed by atoms with E-state index in [4.69, 9.17) is 5.73 Å². The lowest BCUT2D eigenvalue weighted by molar-refractivity contribution is 0.0740. The number of halogens is 1. The van der Waals surface area contributed by atoms with Gasteiger partial charge in [-0.15, -0.1) is 0 Å². The molecule has 0 saturated carbocycles. The number of nitrogens with zero attached hydrogens (tertiary/aromatic N) is 2. The lowest BCUT2D eigenvalue weighted by atomic mass is 9.93. The molecule has 0 aliphatic heterocycles. The van der Waals surface area contributed by atoms with E-state index in [0.29, 0.717) is 18.7 Å². The van der Waals surface area contributed by atoms with Gasteiger partial charge in [0.05, 0.1) is 5.56 Å². The third-order valence-electron chi connectivity index (χ3n) is 2.52. The highest BCUT2D eigenvalue weighted by atomic mass is 79.9. The zero-order valence-electron chi connectivity index (χ0n) is 10.4. The summed E-state index contributed by atoms with van der Waals surface area (Å²) >= 11 is 3.30. The van der Waals surface area contributed by atoms with E-state index in [1.807, 2.05) is 13.8 Å². The zero-order valence-corrected chi connectivity index (χ0v) is 12.0. The minimum absolute atomic E-state index is 0.0414. The highest BCUT2D eigenvalue weighted by Crippen LogP contribution is 2.16. The van der Waals surface area contributed by atoms with Gasteiger partial charge in [0.25, 0.3) is 5.91 Å². The van der Waals surface area contributed by atoms with Gasteiger partial charge in [-0.05, 0) is 34.0 Å². The number of amides is 1. The van der Waals surface area contributed by atoms with Gasteiger partial charge in [0, 0.05) is 30.5 Å². The Bertz CT molecular complexity index is 406. The van der Waals surface area contributed by atoms with Crippen molar-refractivity contribution >= 4 is 21.8 Å². The number of aromatic nitrogens is 1. The Kier molecular flexibility index (Phi) is 4.65. The lowest BCUT2D eigenvalue weighted by Gasteiger charge is -2.29. The van der Waals surface area contributed by atoms with Crippen molar-refractivity contribution < 1.29 is 4.79 Å². The standard InChI is InChI=1S/C12H18BrN3O/c1-12(2,7-14)8-16(3)11(17)9-4-10(13)6-15-5-9/h4-6H,7-8,14H2,1-3H3. The van der Waals surface area contributed by atoms with E-state index in [2.05, 4.69) is 20.9 Å². The van der Waals surface area contributed by atoms with Gasteiger partial charge in [-0.1, -0.05) is 13.8 Å². The molecule has 0 unspecified atom stereocenters. The molecule has 17 heavy (non-hydrogen) atoms. The smallest absolute Gasteiger partial charge is 0.255 e. The van der Waals surface area contributed by atoms with Crippen molar-refractivity contribution in [2.45, 2.75) is 13.8 Å². The molecule has 0 aliphatic rings. The largest absolute Gasteiger partial charge is 0.341 e.